The maximum Gasteiger partial charge on any atom is 0.138 e. The van der Waals surface area contributed by atoms with Crippen LogP contribution in [-0.2, 0) is 9.92 Å². The highest BCUT2D eigenvalue weighted by atomic mass is 32.2. The molecule has 1 atom stereocenters. The summed E-state index contributed by atoms with van der Waals surface area (Å²) in [5, 5.41) is 0.866. The zero-order chi connectivity index (χ0) is 18.0. The van der Waals surface area contributed by atoms with Gasteiger partial charge in [0.05, 0.1) is 17.5 Å². The molecule has 0 saturated carbocycles. The summed E-state index contributed by atoms with van der Waals surface area (Å²) in [6.45, 7) is 0. The van der Waals surface area contributed by atoms with Gasteiger partial charge in [0, 0.05) is 31.7 Å². The van der Waals surface area contributed by atoms with E-state index in [4.69, 9.17) is 14.3 Å². The minimum absolute atomic E-state index is 0.439. The van der Waals surface area contributed by atoms with E-state index in [0.717, 1.165) is 16.7 Å². The van der Waals surface area contributed by atoms with Gasteiger partial charge in [-0.15, -0.1) is 0 Å². The first kappa shape index (κ1) is 17.2. The summed E-state index contributed by atoms with van der Waals surface area (Å²) in [6, 6.07) is 14.1. The molecule has 1 unspecified atom stereocenters. The van der Waals surface area contributed by atoms with Crippen molar-refractivity contribution in [3.63, 3.8) is 0 Å². The van der Waals surface area contributed by atoms with Crippen molar-refractivity contribution >= 4 is 20.8 Å². The third-order valence-electron chi connectivity index (χ3n) is 3.80. The van der Waals surface area contributed by atoms with Crippen LogP contribution in [0.5, 0.6) is 17.2 Å². The van der Waals surface area contributed by atoms with Gasteiger partial charge in [-0.3, -0.25) is 4.98 Å². The number of nitrogens with one attached hydrogen (secondary N) is 1. The van der Waals surface area contributed by atoms with E-state index in [2.05, 4.69) is 4.98 Å². The number of methoxy groups -OCH3 is 1. The minimum Gasteiger partial charge on any atom is -0.497 e. The number of benzene rings is 2. The molecule has 0 aliphatic carbocycles. The fourth-order valence-corrected chi connectivity index (χ4v) is 3.27. The summed E-state index contributed by atoms with van der Waals surface area (Å²) in [5.74, 6) is 2.00. The van der Waals surface area contributed by atoms with Crippen molar-refractivity contribution in [2.45, 2.75) is 4.90 Å². The summed E-state index contributed by atoms with van der Waals surface area (Å²) < 4.78 is 32.8. The molecule has 0 aliphatic heterocycles. The van der Waals surface area contributed by atoms with E-state index >= 15 is 0 Å². The van der Waals surface area contributed by atoms with Gasteiger partial charge >= 0.3 is 0 Å². The van der Waals surface area contributed by atoms with E-state index in [9.17, 15) is 4.21 Å². The number of rotatable bonds is 5. The van der Waals surface area contributed by atoms with Crippen molar-refractivity contribution in [1.29, 1.82) is 4.78 Å². The van der Waals surface area contributed by atoms with E-state index in [1.54, 1.807) is 57.7 Å². The van der Waals surface area contributed by atoms with E-state index in [0.29, 0.717) is 16.4 Å². The van der Waals surface area contributed by atoms with Crippen LogP contribution in [-0.4, -0.2) is 34.7 Å². The second-order valence-electron chi connectivity index (χ2n) is 5.60. The van der Waals surface area contributed by atoms with Gasteiger partial charge in [-0.25, -0.2) is 13.3 Å². The maximum absolute atomic E-state index is 12.3. The SMILES string of the molecule is COc1ccc2c(Oc3ccc(S(=N)(=O)N(C)C)cc3)ccnc2c1. The van der Waals surface area contributed by atoms with Crippen LogP contribution in [0.15, 0.2) is 59.6 Å². The van der Waals surface area contributed by atoms with Crippen LogP contribution in [0.25, 0.3) is 10.9 Å². The summed E-state index contributed by atoms with van der Waals surface area (Å²) in [6.07, 6.45) is 1.67. The lowest BCUT2D eigenvalue weighted by atomic mass is 10.2. The zero-order valence-corrected chi connectivity index (χ0v) is 15.0. The second kappa shape index (κ2) is 6.70. The second-order valence-corrected chi connectivity index (χ2v) is 7.86. The molecule has 25 heavy (non-hydrogen) atoms. The van der Waals surface area contributed by atoms with Crippen molar-refractivity contribution < 1.29 is 13.7 Å². The van der Waals surface area contributed by atoms with Gasteiger partial charge in [-0.2, -0.15) is 0 Å². The molecule has 1 aromatic heterocycles. The predicted octanol–water partition coefficient (Wildman–Crippen LogP) is 3.92. The van der Waals surface area contributed by atoms with E-state index in [1.165, 1.54) is 4.31 Å². The largest absolute Gasteiger partial charge is 0.497 e. The molecule has 3 aromatic rings. The number of hydrogen-bond donors (Lipinski definition) is 1. The standard InChI is InChI=1S/C18H19N3O3S/c1-21(2)25(19,22)15-7-4-13(5-8-15)24-18-10-11-20-17-12-14(23-3)6-9-16(17)18/h4-12,19H,1-3H3. The lowest BCUT2D eigenvalue weighted by molar-refractivity contribution is 0.415. The van der Waals surface area contributed by atoms with Crippen molar-refractivity contribution in [3.8, 4) is 17.2 Å². The van der Waals surface area contributed by atoms with Gasteiger partial charge in [0.15, 0.2) is 0 Å². The Bertz CT molecular complexity index is 1000. The molecule has 0 aliphatic rings. The van der Waals surface area contributed by atoms with Gasteiger partial charge in [-0.1, -0.05) is 0 Å². The quantitative estimate of drug-likeness (QED) is 0.751. The Morgan fingerprint density at radius 2 is 1.72 bits per heavy atom. The van der Waals surface area contributed by atoms with Gasteiger partial charge in [0.25, 0.3) is 0 Å². The Morgan fingerprint density at radius 1 is 1.04 bits per heavy atom. The molecule has 0 fully saturated rings. The molecule has 2 aromatic carbocycles. The average molecular weight is 357 g/mol. The molecule has 0 saturated heterocycles. The number of hydrogen-bond acceptors (Lipinski definition) is 5. The third kappa shape index (κ3) is 3.42. The monoisotopic (exact) mass is 357 g/mol. The molecule has 1 N–H and O–H groups in total. The molecule has 0 spiro atoms. The van der Waals surface area contributed by atoms with Crippen LogP contribution in [0.1, 0.15) is 0 Å². The van der Waals surface area contributed by atoms with Crippen LogP contribution in [0.2, 0.25) is 0 Å². The van der Waals surface area contributed by atoms with E-state index < -0.39 is 9.92 Å². The molecule has 6 nitrogen and oxygen atoms in total. The zero-order valence-electron chi connectivity index (χ0n) is 14.2. The van der Waals surface area contributed by atoms with Crippen LogP contribution in [0.4, 0.5) is 0 Å². The first-order valence-electron chi connectivity index (χ1n) is 7.59. The Morgan fingerprint density at radius 3 is 2.36 bits per heavy atom. The summed E-state index contributed by atoms with van der Waals surface area (Å²) >= 11 is 0. The Kier molecular flexibility index (Phi) is 4.61. The summed E-state index contributed by atoms with van der Waals surface area (Å²) in [4.78, 5) is 4.77. The number of ether oxygens (including phenoxy) is 2. The maximum atomic E-state index is 12.3. The van der Waals surface area contributed by atoms with Gasteiger partial charge in [-0.05, 0) is 42.5 Å². The van der Waals surface area contributed by atoms with Crippen molar-refractivity contribution in [2.24, 2.45) is 0 Å². The number of nitrogens with zero attached hydrogens (tertiary/aromatic N) is 2. The number of fused-ring (bicyclic) bond motifs is 1. The van der Waals surface area contributed by atoms with Gasteiger partial charge < -0.3 is 9.47 Å². The lowest BCUT2D eigenvalue weighted by Crippen LogP contribution is -2.20. The Balaban J connectivity index is 1.92. The van der Waals surface area contributed by atoms with Gasteiger partial charge in [0.1, 0.15) is 27.2 Å². The summed E-state index contributed by atoms with van der Waals surface area (Å²) in [5.41, 5.74) is 0.773. The Hall–Kier alpha value is -2.64. The predicted molar refractivity (Wildman–Crippen MR) is 97.6 cm³/mol. The molecular weight excluding hydrogens is 338 g/mol. The molecule has 1 heterocycles. The van der Waals surface area contributed by atoms with Crippen LogP contribution in [0, 0.1) is 4.78 Å². The highest BCUT2D eigenvalue weighted by molar-refractivity contribution is 7.90. The fraction of sp³-hybridized carbons (Fsp3) is 0.167. The minimum atomic E-state index is -2.95. The normalized spacial score (nSPS) is 13.6. The lowest BCUT2D eigenvalue weighted by Gasteiger charge is -2.15. The molecule has 0 amide bonds. The first-order valence-corrected chi connectivity index (χ1v) is 9.10. The molecule has 0 bridgehead atoms. The third-order valence-corrected chi connectivity index (χ3v) is 5.73. The highest BCUT2D eigenvalue weighted by Crippen LogP contribution is 2.31. The number of aromatic nitrogens is 1. The first-order chi connectivity index (χ1) is 11.9. The molecular formula is C18H19N3O3S. The molecule has 130 valence electrons. The Labute approximate surface area is 147 Å². The molecule has 3 rings (SSSR count). The van der Waals surface area contributed by atoms with Crippen molar-refractivity contribution in [3.05, 3.63) is 54.7 Å². The van der Waals surface area contributed by atoms with E-state index in [1.807, 2.05) is 18.2 Å². The van der Waals surface area contributed by atoms with Crippen LogP contribution in [0.3, 0.4) is 0 Å². The fourth-order valence-electron chi connectivity index (χ4n) is 2.35. The average Bonchev–Trinajstić information content (AvgIpc) is 2.62. The van der Waals surface area contributed by atoms with E-state index in [-0.39, 0.29) is 0 Å². The van der Waals surface area contributed by atoms with Crippen molar-refractivity contribution in [2.75, 3.05) is 21.2 Å². The van der Waals surface area contributed by atoms with Crippen molar-refractivity contribution in [1.82, 2.24) is 9.29 Å². The smallest absolute Gasteiger partial charge is 0.138 e. The highest BCUT2D eigenvalue weighted by Gasteiger charge is 2.13. The molecule has 7 heteroatoms. The number of pyridine rings is 1. The van der Waals surface area contributed by atoms with Crippen LogP contribution < -0.4 is 9.47 Å². The van der Waals surface area contributed by atoms with Gasteiger partial charge in [0.2, 0.25) is 0 Å². The molecule has 0 radical (unpaired) electrons. The van der Waals surface area contributed by atoms with Crippen LogP contribution >= 0.6 is 0 Å². The summed E-state index contributed by atoms with van der Waals surface area (Å²) in [7, 11) is 1.90. The topological polar surface area (TPSA) is 75.5 Å².